The minimum absolute atomic E-state index is 0.0418. The lowest BCUT2D eigenvalue weighted by molar-refractivity contribution is 0.144. The van der Waals surface area contributed by atoms with E-state index in [1.54, 1.807) is 29.1 Å². The number of aromatic nitrogens is 2. The van der Waals surface area contributed by atoms with Crippen LogP contribution < -0.4 is 5.32 Å². The second-order valence-electron chi connectivity index (χ2n) is 5.45. The maximum absolute atomic E-state index is 14.4. The molecule has 2 heterocycles. The molecule has 0 fully saturated rings. The maximum atomic E-state index is 14.4. The number of ether oxygens (including phenoxy) is 1. The molecule has 0 aliphatic carbocycles. The zero-order chi connectivity index (χ0) is 18.0. The summed E-state index contributed by atoms with van der Waals surface area (Å²) in [6, 6.07) is 5.13. The molecule has 0 unspecified atom stereocenters. The molecule has 0 saturated carbocycles. The number of nitrogens with zero attached hydrogens (tertiary/aromatic N) is 2. The molecule has 0 saturated heterocycles. The fraction of sp³-hybridized carbons (Fsp3) is 0.250. The third kappa shape index (κ3) is 3.95. The van der Waals surface area contributed by atoms with Crippen LogP contribution in [0.15, 0.2) is 30.2 Å². The Morgan fingerprint density at radius 1 is 1.40 bits per heavy atom. The first kappa shape index (κ1) is 17.7. The van der Waals surface area contributed by atoms with Crippen LogP contribution in [0.1, 0.15) is 16.8 Å². The van der Waals surface area contributed by atoms with Crippen molar-refractivity contribution >= 4 is 34.9 Å². The van der Waals surface area contributed by atoms with E-state index in [4.69, 9.17) is 33.0 Å². The van der Waals surface area contributed by atoms with Gasteiger partial charge in [0, 0.05) is 21.2 Å². The van der Waals surface area contributed by atoms with Crippen LogP contribution in [-0.2, 0) is 17.9 Å². The minimum Gasteiger partial charge on any atom is -0.465 e. The summed E-state index contributed by atoms with van der Waals surface area (Å²) < 4.78 is 21.4. The number of fused-ring (bicyclic) bond motifs is 1. The molecule has 132 valence electrons. The van der Waals surface area contributed by atoms with Gasteiger partial charge in [-0.25, -0.2) is 9.18 Å². The molecule has 1 aromatic heterocycles. The molecular formula is C16H14Cl2FN3O3. The van der Waals surface area contributed by atoms with Crippen LogP contribution in [0.5, 0.6) is 0 Å². The van der Waals surface area contributed by atoms with E-state index in [9.17, 15) is 9.18 Å². The Labute approximate surface area is 152 Å². The van der Waals surface area contributed by atoms with Gasteiger partial charge in [-0.2, -0.15) is 5.10 Å². The lowest BCUT2D eigenvalue weighted by Crippen LogP contribution is -2.24. The van der Waals surface area contributed by atoms with Crippen LogP contribution in [0.25, 0.3) is 5.57 Å². The second kappa shape index (κ2) is 7.43. The Hall–Kier alpha value is -2.09. The summed E-state index contributed by atoms with van der Waals surface area (Å²) >= 11 is 12.1. The SMILES string of the molecule is O=C(O)NC/C(F)=C1\COCc2cnn(Cc3ccc(Cl)cc3Cl)c21. The Bertz CT molecular complexity index is 851. The number of nitrogens with one attached hydrogen (secondary N) is 1. The second-order valence-corrected chi connectivity index (χ2v) is 6.29. The molecule has 1 amide bonds. The first-order valence-electron chi connectivity index (χ1n) is 7.36. The average Bonchev–Trinajstić information content (AvgIpc) is 2.98. The Morgan fingerprint density at radius 2 is 2.20 bits per heavy atom. The Balaban J connectivity index is 1.95. The minimum atomic E-state index is -1.30. The fourth-order valence-corrected chi connectivity index (χ4v) is 3.08. The van der Waals surface area contributed by atoms with Crippen molar-refractivity contribution in [2.75, 3.05) is 13.2 Å². The monoisotopic (exact) mass is 385 g/mol. The van der Waals surface area contributed by atoms with Crippen molar-refractivity contribution in [3.8, 4) is 0 Å². The lowest BCUT2D eigenvalue weighted by Gasteiger charge is -2.19. The van der Waals surface area contributed by atoms with E-state index in [0.29, 0.717) is 28.9 Å². The molecule has 2 aromatic rings. The van der Waals surface area contributed by atoms with Gasteiger partial charge >= 0.3 is 6.09 Å². The smallest absolute Gasteiger partial charge is 0.405 e. The van der Waals surface area contributed by atoms with Gasteiger partial charge in [-0.3, -0.25) is 4.68 Å². The van der Waals surface area contributed by atoms with Gasteiger partial charge in [0.2, 0.25) is 0 Å². The van der Waals surface area contributed by atoms with Crippen molar-refractivity contribution in [1.82, 2.24) is 15.1 Å². The molecule has 9 heteroatoms. The van der Waals surface area contributed by atoms with E-state index in [-0.39, 0.29) is 12.2 Å². The Kier molecular flexibility index (Phi) is 5.27. The topological polar surface area (TPSA) is 76.4 Å². The van der Waals surface area contributed by atoms with Crippen LogP contribution in [0.4, 0.5) is 9.18 Å². The summed E-state index contributed by atoms with van der Waals surface area (Å²) in [6.07, 6.45) is 0.310. The highest BCUT2D eigenvalue weighted by molar-refractivity contribution is 6.35. The van der Waals surface area contributed by atoms with Crippen molar-refractivity contribution in [3.63, 3.8) is 0 Å². The van der Waals surface area contributed by atoms with Gasteiger partial charge in [-0.1, -0.05) is 29.3 Å². The highest BCUT2D eigenvalue weighted by atomic mass is 35.5. The first-order valence-corrected chi connectivity index (χ1v) is 8.12. The summed E-state index contributed by atoms with van der Waals surface area (Å²) in [6.45, 7) is 0.252. The van der Waals surface area contributed by atoms with Gasteiger partial charge < -0.3 is 15.2 Å². The number of carboxylic acid groups (broad SMARTS) is 1. The van der Waals surface area contributed by atoms with Gasteiger partial charge in [0.05, 0.1) is 38.2 Å². The normalized spacial score (nSPS) is 15.6. The van der Waals surface area contributed by atoms with E-state index in [0.717, 1.165) is 11.1 Å². The summed E-state index contributed by atoms with van der Waals surface area (Å²) in [5.41, 5.74) is 2.38. The van der Waals surface area contributed by atoms with E-state index in [1.165, 1.54) is 0 Å². The number of benzene rings is 1. The molecule has 3 rings (SSSR count). The highest BCUT2D eigenvalue weighted by Crippen LogP contribution is 2.30. The van der Waals surface area contributed by atoms with Gasteiger partial charge in [0.15, 0.2) is 0 Å². The van der Waals surface area contributed by atoms with Crippen molar-refractivity contribution in [2.24, 2.45) is 0 Å². The van der Waals surface area contributed by atoms with Crippen LogP contribution in [-0.4, -0.2) is 34.1 Å². The molecule has 2 N–H and O–H groups in total. The number of carbonyl (C=O) groups is 1. The molecule has 0 radical (unpaired) electrons. The van der Waals surface area contributed by atoms with Gasteiger partial charge in [0.25, 0.3) is 0 Å². The molecule has 6 nitrogen and oxygen atoms in total. The van der Waals surface area contributed by atoms with Gasteiger partial charge in [0.1, 0.15) is 5.83 Å². The van der Waals surface area contributed by atoms with Crippen molar-refractivity contribution in [3.05, 3.63) is 57.1 Å². The molecule has 0 atom stereocenters. The molecule has 1 aromatic carbocycles. The standard InChI is InChI=1S/C16H14Cl2FN3O3/c17-11-2-1-9(13(18)3-11)6-22-15-10(4-21-22)7-25-8-12(15)14(19)5-20-16(23)24/h1-4,20H,5-8H2,(H,23,24)/b14-12-. The third-order valence-corrected chi connectivity index (χ3v) is 4.35. The predicted octanol–water partition coefficient (Wildman–Crippen LogP) is 3.72. The van der Waals surface area contributed by atoms with Gasteiger partial charge in [-0.05, 0) is 17.7 Å². The predicted molar refractivity (Wildman–Crippen MR) is 91.5 cm³/mol. The molecule has 1 aliphatic heterocycles. The van der Waals surface area contributed by atoms with Crippen LogP contribution in [0.3, 0.4) is 0 Å². The van der Waals surface area contributed by atoms with E-state index in [2.05, 4.69) is 5.10 Å². The van der Waals surface area contributed by atoms with E-state index < -0.39 is 18.5 Å². The maximum Gasteiger partial charge on any atom is 0.405 e. The first-order chi connectivity index (χ1) is 12.0. The molecule has 0 bridgehead atoms. The van der Waals surface area contributed by atoms with Crippen molar-refractivity contribution in [2.45, 2.75) is 13.2 Å². The van der Waals surface area contributed by atoms with Crippen molar-refractivity contribution < 1.29 is 19.0 Å². The number of rotatable bonds is 4. The van der Waals surface area contributed by atoms with Crippen molar-refractivity contribution in [1.29, 1.82) is 0 Å². The lowest BCUT2D eigenvalue weighted by atomic mass is 10.1. The molecular weight excluding hydrogens is 372 g/mol. The quantitative estimate of drug-likeness (QED) is 0.840. The number of halogens is 3. The molecule has 25 heavy (non-hydrogen) atoms. The largest absolute Gasteiger partial charge is 0.465 e. The van der Waals surface area contributed by atoms with Crippen LogP contribution in [0, 0.1) is 0 Å². The fourth-order valence-electron chi connectivity index (χ4n) is 2.61. The van der Waals surface area contributed by atoms with Crippen LogP contribution >= 0.6 is 23.2 Å². The van der Waals surface area contributed by atoms with E-state index >= 15 is 0 Å². The average molecular weight is 386 g/mol. The summed E-state index contributed by atoms with van der Waals surface area (Å²) in [5, 5.41) is 16.0. The third-order valence-electron chi connectivity index (χ3n) is 3.76. The number of hydrogen-bond acceptors (Lipinski definition) is 3. The Morgan fingerprint density at radius 3 is 2.92 bits per heavy atom. The molecule has 0 spiro atoms. The summed E-state index contributed by atoms with van der Waals surface area (Å²) in [4.78, 5) is 10.6. The zero-order valence-electron chi connectivity index (χ0n) is 12.9. The summed E-state index contributed by atoms with van der Waals surface area (Å²) in [5.74, 6) is -0.604. The zero-order valence-corrected chi connectivity index (χ0v) is 14.4. The van der Waals surface area contributed by atoms with Gasteiger partial charge in [-0.15, -0.1) is 0 Å². The highest BCUT2D eigenvalue weighted by Gasteiger charge is 2.24. The number of amides is 1. The summed E-state index contributed by atoms with van der Waals surface area (Å²) in [7, 11) is 0. The van der Waals surface area contributed by atoms with E-state index in [1.807, 2.05) is 5.32 Å². The molecule has 1 aliphatic rings. The van der Waals surface area contributed by atoms with Crippen LogP contribution in [0.2, 0.25) is 10.0 Å². The number of hydrogen-bond donors (Lipinski definition) is 2.